The molecule has 7 rings (SSSR count). The van der Waals surface area contributed by atoms with Crippen LogP contribution in [0.2, 0.25) is 0 Å². The number of anilines is 1. The van der Waals surface area contributed by atoms with Crippen molar-refractivity contribution in [2.24, 2.45) is 11.3 Å². The molecule has 50 heavy (non-hydrogen) atoms. The van der Waals surface area contributed by atoms with Gasteiger partial charge in [0.15, 0.2) is 5.82 Å². The molecule has 0 amide bonds. The van der Waals surface area contributed by atoms with E-state index in [9.17, 15) is 22.0 Å². The molecule has 3 aliphatic rings. The van der Waals surface area contributed by atoms with Gasteiger partial charge >= 0.3 is 12.2 Å². The second-order valence-corrected chi connectivity index (χ2v) is 14.0. The summed E-state index contributed by atoms with van der Waals surface area (Å²) in [6.07, 6.45) is -2.53. The smallest absolute Gasteiger partial charge is 0.417 e. The SMILES string of the molecule is CCC1CC2CN(c3nc(OC[C@]4(CN(C)CCOC)CC4(F)F)nc4c(F)c(-c5c(C(F)(F)F)c(C)cc6[nH]ncc56)c(F)cc34)CC1N2. The van der Waals surface area contributed by atoms with Crippen LogP contribution in [0.3, 0.4) is 0 Å². The molecule has 2 N–H and O–H groups in total. The molecule has 16 heteroatoms. The minimum absolute atomic E-state index is 0.0264. The van der Waals surface area contributed by atoms with Gasteiger partial charge in [-0.25, -0.2) is 17.6 Å². The summed E-state index contributed by atoms with van der Waals surface area (Å²) in [4.78, 5) is 12.3. The summed E-state index contributed by atoms with van der Waals surface area (Å²) in [5, 5.41) is 9.78. The Labute approximate surface area is 283 Å². The average Bonchev–Trinajstić information content (AvgIpc) is 3.32. The van der Waals surface area contributed by atoms with Gasteiger partial charge in [-0.1, -0.05) is 13.3 Å². The van der Waals surface area contributed by atoms with Crippen molar-refractivity contribution in [2.75, 3.05) is 58.5 Å². The predicted octanol–water partition coefficient (Wildman–Crippen LogP) is 6.34. The fourth-order valence-corrected chi connectivity index (χ4v) is 7.91. The second-order valence-electron chi connectivity index (χ2n) is 14.0. The number of hydrogen-bond acceptors (Lipinski definition) is 8. The average molecular weight is 710 g/mol. The van der Waals surface area contributed by atoms with Crippen LogP contribution in [-0.2, 0) is 10.9 Å². The van der Waals surface area contributed by atoms with Crippen LogP contribution in [-0.4, -0.2) is 96.6 Å². The van der Waals surface area contributed by atoms with Gasteiger partial charge < -0.3 is 24.6 Å². The number of aryl methyl sites for hydroxylation is 1. The number of alkyl halides is 5. The summed E-state index contributed by atoms with van der Waals surface area (Å²) in [7, 11) is 3.20. The Bertz CT molecular complexity index is 1940. The van der Waals surface area contributed by atoms with E-state index in [-0.39, 0.29) is 46.3 Å². The van der Waals surface area contributed by atoms with Crippen molar-refractivity contribution in [2.45, 2.75) is 57.3 Å². The van der Waals surface area contributed by atoms with E-state index >= 15 is 8.78 Å². The number of hydrogen-bond donors (Lipinski definition) is 2. The number of fused-ring (bicyclic) bond motifs is 4. The number of likely N-dealkylation sites (N-methyl/N-ethyl adjacent to an activating group) is 1. The molecule has 270 valence electrons. The van der Waals surface area contributed by atoms with Crippen molar-refractivity contribution in [3.8, 4) is 17.1 Å². The van der Waals surface area contributed by atoms with Crippen molar-refractivity contribution in [3.63, 3.8) is 0 Å². The molecule has 2 saturated heterocycles. The number of H-pyrrole nitrogens is 1. The molecule has 2 aliphatic heterocycles. The third-order valence-electron chi connectivity index (χ3n) is 10.5. The van der Waals surface area contributed by atoms with E-state index in [4.69, 9.17) is 9.47 Å². The summed E-state index contributed by atoms with van der Waals surface area (Å²) in [6.45, 7) is 4.36. The van der Waals surface area contributed by atoms with Gasteiger partial charge in [-0.3, -0.25) is 5.10 Å². The van der Waals surface area contributed by atoms with E-state index in [0.717, 1.165) is 25.1 Å². The molecule has 9 nitrogen and oxygen atoms in total. The maximum Gasteiger partial charge on any atom is 0.417 e. The summed E-state index contributed by atoms with van der Waals surface area (Å²) >= 11 is 0. The second kappa shape index (κ2) is 12.5. The van der Waals surface area contributed by atoms with E-state index < -0.39 is 70.4 Å². The van der Waals surface area contributed by atoms with Crippen molar-refractivity contribution in [1.29, 1.82) is 0 Å². The monoisotopic (exact) mass is 709 g/mol. The standard InChI is InChI=1S/C34H38F7N7O2/c1-5-18-9-19-12-48(13-24(18)43-19)30-20-10-22(35)26(25-21-11-42-46-23(21)8-17(2)27(25)34(39,40)41)28(36)29(20)44-31(45-30)50-16-32(14-33(32,37)38)15-47(3)6-7-49-4/h8,10-11,18-19,24,43H,5-7,9,12-16H2,1-4H3,(H,42,46)/t18?,19?,24?,32-/m1/s1. The van der Waals surface area contributed by atoms with Gasteiger partial charge in [0.05, 0.1) is 34.9 Å². The van der Waals surface area contributed by atoms with Gasteiger partial charge in [0.25, 0.3) is 5.92 Å². The van der Waals surface area contributed by atoms with E-state index in [2.05, 4.69) is 32.4 Å². The molecular weight excluding hydrogens is 671 g/mol. The minimum Gasteiger partial charge on any atom is -0.463 e. The number of halogens is 7. The highest BCUT2D eigenvalue weighted by Crippen LogP contribution is 2.61. The zero-order chi connectivity index (χ0) is 35.7. The van der Waals surface area contributed by atoms with Crippen LogP contribution < -0.4 is 15.0 Å². The van der Waals surface area contributed by atoms with Gasteiger partial charge in [0.2, 0.25) is 0 Å². The summed E-state index contributed by atoms with van der Waals surface area (Å²) in [5.41, 5.74) is -5.03. The lowest BCUT2D eigenvalue weighted by molar-refractivity contribution is -0.137. The third-order valence-corrected chi connectivity index (χ3v) is 10.5. The van der Waals surface area contributed by atoms with Gasteiger partial charge in [0.1, 0.15) is 23.8 Å². The Morgan fingerprint density at radius 3 is 2.54 bits per heavy atom. The summed E-state index contributed by atoms with van der Waals surface area (Å²) in [6, 6.07) is 1.86. The zero-order valence-corrected chi connectivity index (χ0v) is 28.0. The van der Waals surface area contributed by atoms with Gasteiger partial charge in [-0.2, -0.15) is 28.2 Å². The Kier molecular flexibility index (Phi) is 8.65. The fraction of sp³-hybridized carbons (Fsp3) is 0.559. The van der Waals surface area contributed by atoms with Gasteiger partial charge in [0, 0.05) is 68.1 Å². The highest BCUT2D eigenvalue weighted by molar-refractivity contribution is 6.01. The molecule has 1 aliphatic carbocycles. The molecular formula is C34H38F7N7O2. The number of ether oxygens (including phenoxy) is 2. The molecule has 2 aromatic carbocycles. The molecule has 2 aromatic heterocycles. The number of benzene rings is 2. The fourth-order valence-electron chi connectivity index (χ4n) is 7.91. The van der Waals surface area contributed by atoms with Gasteiger partial charge in [-0.05, 0) is 44.0 Å². The largest absolute Gasteiger partial charge is 0.463 e. The maximum absolute atomic E-state index is 16.9. The van der Waals surface area contributed by atoms with Crippen LogP contribution >= 0.6 is 0 Å². The Morgan fingerprint density at radius 2 is 1.86 bits per heavy atom. The van der Waals surface area contributed by atoms with E-state index in [0.29, 0.717) is 32.2 Å². The molecule has 3 unspecified atom stereocenters. The Balaban J connectivity index is 1.37. The predicted molar refractivity (Wildman–Crippen MR) is 172 cm³/mol. The number of aromatic nitrogens is 4. The van der Waals surface area contributed by atoms with Crippen LogP contribution in [0.1, 0.15) is 37.3 Å². The van der Waals surface area contributed by atoms with Crippen molar-refractivity contribution >= 4 is 27.6 Å². The first kappa shape index (κ1) is 34.7. The topological polar surface area (TPSA) is 91.4 Å². The molecule has 0 radical (unpaired) electrons. The highest BCUT2D eigenvalue weighted by atomic mass is 19.4. The first-order chi connectivity index (χ1) is 23.7. The maximum atomic E-state index is 16.9. The molecule has 4 heterocycles. The van der Waals surface area contributed by atoms with E-state index in [1.54, 1.807) is 11.9 Å². The number of rotatable bonds is 11. The lowest BCUT2D eigenvalue weighted by Crippen LogP contribution is -2.52. The van der Waals surface area contributed by atoms with Crippen LogP contribution in [0.4, 0.5) is 36.6 Å². The first-order valence-corrected chi connectivity index (χ1v) is 16.6. The van der Waals surface area contributed by atoms with Gasteiger partial charge in [-0.15, -0.1) is 0 Å². The third kappa shape index (κ3) is 5.92. The Morgan fingerprint density at radius 1 is 1.10 bits per heavy atom. The van der Waals surface area contributed by atoms with Crippen LogP contribution in [0.15, 0.2) is 18.3 Å². The van der Waals surface area contributed by atoms with E-state index in [1.807, 2.05) is 4.90 Å². The molecule has 3 fully saturated rings. The molecule has 1 saturated carbocycles. The normalized spacial score (nSPS) is 24.6. The number of nitrogens with zero attached hydrogens (tertiary/aromatic N) is 5. The summed E-state index contributed by atoms with van der Waals surface area (Å²) < 4.78 is 117. The molecule has 4 atom stereocenters. The highest BCUT2D eigenvalue weighted by Gasteiger charge is 2.71. The van der Waals surface area contributed by atoms with Crippen LogP contribution in [0, 0.1) is 29.9 Å². The van der Waals surface area contributed by atoms with Crippen LogP contribution in [0.25, 0.3) is 32.9 Å². The quantitative estimate of drug-likeness (QED) is 0.175. The van der Waals surface area contributed by atoms with Crippen molar-refractivity contribution in [1.82, 2.24) is 30.4 Å². The number of methoxy groups -OCH3 is 1. The molecule has 2 bridgehead atoms. The summed E-state index contributed by atoms with van der Waals surface area (Å²) in [5.74, 6) is -5.17. The lowest BCUT2D eigenvalue weighted by Gasteiger charge is -2.35. The Hall–Kier alpha value is -3.76. The van der Waals surface area contributed by atoms with Crippen molar-refractivity contribution in [3.05, 3.63) is 41.1 Å². The van der Waals surface area contributed by atoms with E-state index in [1.165, 1.54) is 20.1 Å². The zero-order valence-electron chi connectivity index (χ0n) is 28.0. The van der Waals surface area contributed by atoms with Crippen LogP contribution in [0.5, 0.6) is 6.01 Å². The molecule has 0 spiro atoms. The lowest BCUT2D eigenvalue weighted by atomic mass is 9.91. The first-order valence-electron chi connectivity index (χ1n) is 16.6. The number of piperazine rings is 1. The number of nitrogens with one attached hydrogen (secondary N) is 2. The molecule has 4 aromatic rings. The van der Waals surface area contributed by atoms with Crippen molar-refractivity contribution < 1.29 is 40.2 Å². The number of aromatic amines is 1. The minimum atomic E-state index is -4.97.